The molecule has 9 heteroatoms. The lowest BCUT2D eigenvalue weighted by Gasteiger charge is -2.31. The highest BCUT2D eigenvalue weighted by Crippen LogP contribution is 2.51. The minimum Gasteiger partial charge on any atom is -0.478 e. The van der Waals surface area contributed by atoms with Crippen molar-refractivity contribution in [2.45, 2.75) is 38.4 Å². The average Bonchev–Trinajstić information content (AvgIpc) is 3.41. The predicted octanol–water partition coefficient (Wildman–Crippen LogP) is 3.79. The minimum atomic E-state index is -0.978. The molecule has 0 saturated heterocycles. The lowest BCUT2D eigenvalue weighted by atomic mass is 10.0. The number of aromatic amines is 1. The van der Waals surface area contributed by atoms with Gasteiger partial charge in [-0.1, -0.05) is 24.3 Å². The molecule has 0 atom stereocenters. The van der Waals surface area contributed by atoms with Gasteiger partial charge in [-0.05, 0) is 55.2 Å². The SMILES string of the molecule is Cc1cccc2[nH]c(C(=O)N3CCn4ncc(C(=O)N(C)C5(c6ccc(C(=O)O)cc6)CC5)c4C3)cc12. The van der Waals surface area contributed by atoms with E-state index in [1.807, 2.05) is 31.2 Å². The van der Waals surface area contributed by atoms with Crippen molar-refractivity contribution in [1.29, 1.82) is 0 Å². The van der Waals surface area contributed by atoms with Crippen LogP contribution in [0.5, 0.6) is 0 Å². The number of nitrogens with zero attached hydrogens (tertiary/aromatic N) is 4. The van der Waals surface area contributed by atoms with E-state index >= 15 is 0 Å². The first-order valence-corrected chi connectivity index (χ1v) is 12.3. The molecule has 0 radical (unpaired) electrons. The van der Waals surface area contributed by atoms with E-state index in [9.17, 15) is 19.5 Å². The van der Waals surface area contributed by atoms with E-state index in [1.165, 1.54) is 0 Å². The zero-order chi connectivity index (χ0) is 25.9. The lowest BCUT2D eigenvalue weighted by molar-refractivity contribution is 0.0669. The summed E-state index contributed by atoms with van der Waals surface area (Å²) in [6.07, 6.45) is 3.20. The Morgan fingerprint density at radius 2 is 1.84 bits per heavy atom. The van der Waals surface area contributed by atoms with Crippen molar-refractivity contribution < 1.29 is 19.5 Å². The molecule has 37 heavy (non-hydrogen) atoms. The highest BCUT2D eigenvalue weighted by molar-refractivity contribution is 5.99. The molecular formula is C28H27N5O4. The Labute approximate surface area is 213 Å². The molecule has 9 nitrogen and oxygen atoms in total. The fourth-order valence-corrected chi connectivity index (χ4v) is 5.42. The number of carboxylic acid groups (broad SMARTS) is 1. The largest absolute Gasteiger partial charge is 0.478 e. The smallest absolute Gasteiger partial charge is 0.335 e. The van der Waals surface area contributed by atoms with Crippen molar-refractivity contribution in [2.75, 3.05) is 13.6 Å². The van der Waals surface area contributed by atoms with Gasteiger partial charge < -0.3 is 19.9 Å². The van der Waals surface area contributed by atoms with E-state index in [4.69, 9.17) is 0 Å². The molecule has 1 fully saturated rings. The first kappa shape index (κ1) is 23.0. The second-order valence-electron chi connectivity index (χ2n) is 9.95. The van der Waals surface area contributed by atoms with Crippen LogP contribution in [0.15, 0.2) is 54.7 Å². The molecule has 0 unspecified atom stereocenters. The number of aryl methyl sites for hydroxylation is 1. The number of nitrogens with one attached hydrogen (secondary N) is 1. The number of rotatable bonds is 5. The molecule has 6 rings (SSSR count). The summed E-state index contributed by atoms with van der Waals surface area (Å²) in [4.78, 5) is 45.0. The summed E-state index contributed by atoms with van der Waals surface area (Å²) in [5.74, 6) is -1.24. The highest BCUT2D eigenvalue weighted by Gasteiger charge is 2.50. The predicted molar refractivity (Wildman–Crippen MR) is 136 cm³/mol. The van der Waals surface area contributed by atoms with Crippen LogP contribution in [0.1, 0.15) is 60.9 Å². The van der Waals surface area contributed by atoms with Crippen molar-refractivity contribution in [2.24, 2.45) is 0 Å². The molecule has 4 aromatic rings. The van der Waals surface area contributed by atoms with E-state index in [-0.39, 0.29) is 17.4 Å². The van der Waals surface area contributed by atoms with Crippen LogP contribution in [0.25, 0.3) is 10.9 Å². The zero-order valence-electron chi connectivity index (χ0n) is 20.7. The molecule has 3 heterocycles. The number of carbonyl (C=O) groups is 3. The number of amides is 2. The summed E-state index contributed by atoms with van der Waals surface area (Å²) in [6.45, 7) is 3.33. The maximum Gasteiger partial charge on any atom is 0.335 e. The number of H-pyrrole nitrogens is 1. The molecule has 2 aromatic carbocycles. The molecule has 0 bridgehead atoms. The van der Waals surface area contributed by atoms with E-state index in [1.54, 1.807) is 52.0 Å². The average molecular weight is 498 g/mol. The Morgan fingerprint density at radius 1 is 1.08 bits per heavy atom. The standard InChI is InChI=1S/C28H27N5O4/c1-17-4-3-5-22-20(17)14-23(30-22)26(35)32-12-13-33-24(16-32)21(15-29-33)25(34)31(2)28(10-11-28)19-8-6-18(7-9-19)27(36)37/h3-9,14-15,30H,10-13,16H2,1-2H3,(H,36,37). The lowest BCUT2D eigenvalue weighted by Crippen LogP contribution is -2.41. The van der Waals surface area contributed by atoms with E-state index in [2.05, 4.69) is 10.1 Å². The number of aromatic nitrogens is 3. The Balaban J connectivity index is 1.24. The fraction of sp³-hybridized carbons (Fsp3) is 0.286. The second kappa shape index (κ2) is 8.33. The van der Waals surface area contributed by atoms with Gasteiger partial charge in [0.2, 0.25) is 0 Å². The molecule has 1 aliphatic heterocycles. The van der Waals surface area contributed by atoms with Crippen LogP contribution in [0.4, 0.5) is 0 Å². The van der Waals surface area contributed by atoms with Crippen molar-refractivity contribution in [3.63, 3.8) is 0 Å². The van der Waals surface area contributed by atoms with Gasteiger partial charge in [0.1, 0.15) is 5.69 Å². The van der Waals surface area contributed by atoms with Gasteiger partial charge in [0.05, 0.1) is 41.6 Å². The van der Waals surface area contributed by atoms with E-state index in [0.29, 0.717) is 30.9 Å². The van der Waals surface area contributed by atoms with Crippen molar-refractivity contribution in [3.8, 4) is 0 Å². The van der Waals surface area contributed by atoms with Crippen LogP contribution in [0, 0.1) is 6.92 Å². The number of aromatic carboxylic acids is 1. The number of benzene rings is 2. The molecular weight excluding hydrogens is 470 g/mol. The number of carbonyl (C=O) groups excluding carboxylic acids is 2. The normalized spacial score (nSPS) is 15.9. The fourth-order valence-electron chi connectivity index (χ4n) is 5.42. The Morgan fingerprint density at radius 3 is 2.51 bits per heavy atom. The van der Waals surface area contributed by atoms with Crippen molar-refractivity contribution in [3.05, 3.63) is 88.4 Å². The maximum absolute atomic E-state index is 13.7. The zero-order valence-corrected chi connectivity index (χ0v) is 20.7. The summed E-state index contributed by atoms with van der Waals surface area (Å²) < 4.78 is 1.81. The Hall–Kier alpha value is -4.40. The minimum absolute atomic E-state index is 0.105. The van der Waals surface area contributed by atoms with Gasteiger partial charge in [0, 0.05) is 24.5 Å². The summed E-state index contributed by atoms with van der Waals surface area (Å²) in [5, 5.41) is 14.7. The van der Waals surface area contributed by atoms with Gasteiger partial charge in [-0.25, -0.2) is 4.79 Å². The molecule has 0 spiro atoms. The molecule has 2 N–H and O–H groups in total. The summed E-state index contributed by atoms with van der Waals surface area (Å²) in [6, 6.07) is 14.6. The first-order chi connectivity index (χ1) is 17.8. The Kier molecular flexibility index (Phi) is 5.18. The third kappa shape index (κ3) is 3.69. The monoisotopic (exact) mass is 497 g/mol. The molecule has 2 aromatic heterocycles. The second-order valence-corrected chi connectivity index (χ2v) is 9.95. The van der Waals surface area contributed by atoms with Crippen molar-refractivity contribution >= 4 is 28.7 Å². The van der Waals surface area contributed by atoms with Crippen LogP contribution in [-0.4, -0.2) is 61.0 Å². The quantitative estimate of drug-likeness (QED) is 0.436. The van der Waals surface area contributed by atoms with Gasteiger partial charge in [-0.2, -0.15) is 5.10 Å². The van der Waals surface area contributed by atoms with Crippen LogP contribution < -0.4 is 0 Å². The van der Waals surface area contributed by atoms with Gasteiger partial charge in [0.25, 0.3) is 11.8 Å². The van der Waals surface area contributed by atoms with Gasteiger partial charge in [0.15, 0.2) is 0 Å². The molecule has 2 amide bonds. The topological polar surface area (TPSA) is 112 Å². The number of hydrogen-bond donors (Lipinski definition) is 2. The molecule has 1 saturated carbocycles. The van der Waals surface area contributed by atoms with Gasteiger partial charge in [-0.3, -0.25) is 14.3 Å². The van der Waals surface area contributed by atoms with Crippen LogP contribution >= 0.6 is 0 Å². The van der Waals surface area contributed by atoms with Crippen LogP contribution in [0.2, 0.25) is 0 Å². The van der Waals surface area contributed by atoms with Crippen molar-refractivity contribution in [1.82, 2.24) is 24.6 Å². The summed E-state index contributed by atoms with van der Waals surface area (Å²) in [7, 11) is 1.78. The first-order valence-electron chi connectivity index (χ1n) is 12.3. The molecule has 1 aliphatic carbocycles. The summed E-state index contributed by atoms with van der Waals surface area (Å²) in [5.41, 5.74) is 4.44. The molecule has 188 valence electrons. The van der Waals surface area contributed by atoms with Crippen LogP contribution in [0.3, 0.4) is 0 Å². The van der Waals surface area contributed by atoms with E-state index < -0.39 is 11.5 Å². The van der Waals surface area contributed by atoms with Gasteiger partial charge >= 0.3 is 5.97 Å². The maximum atomic E-state index is 13.7. The Bertz CT molecular complexity index is 1560. The third-order valence-electron chi connectivity index (χ3n) is 7.84. The van der Waals surface area contributed by atoms with E-state index in [0.717, 1.165) is 40.6 Å². The molecule has 2 aliphatic rings. The third-order valence-corrected chi connectivity index (χ3v) is 7.84. The number of fused-ring (bicyclic) bond motifs is 2. The number of carboxylic acids is 1. The van der Waals surface area contributed by atoms with Gasteiger partial charge in [-0.15, -0.1) is 0 Å². The number of hydrogen-bond acceptors (Lipinski definition) is 4. The highest BCUT2D eigenvalue weighted by atomic mass is 16.4. The summed E-state index contributed by atoms with van der Waals surface area (Å²) >= 11 is 0. The van der Waals surface area contributed by atoms with Crippen LogP contribution in [-0.2, 0) is 18.6 Å².